The van der Waals surface area contributed by atoms with Crippen molar-refractivity contribution in [2.24, 2.45) is 0 Å². The fraction of sp³-hybridized carbons (Fsp3) is 0.292. The average molecular weight is 520 g/mol. The Balaban J connectivity index is 1.57. The minimum Gasteiger partial charge on any atom is -0.309 e. The third-order valence-corrected chi connectivity index (χ3v) is 6.46. The zero-order valence-corrected chi connectivity index (χ0v) is 19.4. The van der Waals surface area contributed by atoms with Crippen LogP contribution in [-0.4, -0.2) is 42.3 Å². The van der Waals surface area contributed by atoms with E-state index in [1.54, 1.807) is 13.8 Å². The quantitative estimate of drug-likeness (QED) is 0.374. The molecule has 7 nitrogen and oxygen atoms in total. The maximum absolute atomic E-state index is 13.6. The lowest BCUT2D eigenvalue weighted by Crippen LogP contribution is -2.36. The van der Waals surface area contributed by atoms with Crippen LogP contribution in [0.15, 0.2) is 42.9 Å². The molecule has 1 N–H and O–H groups in total. The van der Waals surface area contributed by atoms with Gasteiger partial charge in [-0.3, -0.25) is 4.79 Å². The minimum absolute atomic E-state index is 0.0272. The van der Waals surface area contributed by atoms with Crippen LogP contribution in [0.4, 0.5) is 32.2 Å². The Morgan fingerprint density at radius 2 is 1.76 bits per heavy atom. The van der Waals surface area contributed by atoms with Crippen LogP contribution in [0.3, 0.4) is 0 Å². The number of aromatic nitrogens is 5. The Bertz CT molecular complexity index is 1530. The molecule has 0 aliphatic carbocycles. The summed E-state index contributed by atoms with van der Waals surface area (Å²) < 4.78 is 80.1. The summed E-state index contributed by atoms with van der Waals surface area (Å²) in [6.45, 7) is 3.30. The van der Waals surface area contributed by atoms with E-state index in [0.717, 1.165) is 0 Å². The Morgan fingerprint density at radius 3 is 2.43 bits per heavy atom. The van der Waals surface area contributed by atoms with E-state index < -0.39 is 42.1 Å². The van der Waals surface area contributed by atoms with Crippen LogP contribution in [0.1, 0.15) is 35.9 Å². The molecule has 0 spiro atoms. The van der Waals surface area contributed by atoms with Crippen molar-refractivity contribution in [3.63, 3.8) is 0 Å². The highest BCUT2D eigenvalue weighted by Gasteiger charge is 2.56. The number of imidazole rings is 1. The van der Waals surface area contributed by atoms with Gasteiger partial charge in [-0.05, 0) is 38.0 Å². The highest BCUT2D eigenvalue weighted by Crippen LogP contribution is 2.44. The van der Waals surface area contributed by atoms with Crippen molar-refractivity contribution in [1.82, 2.24) is 24.3 Å². The molecule has 0 saturated heterocycles. The number of fused-ring (bicyclic) bond motifs is 2. The average Bonchev–Trinajstić information content (AvgIpc) is 3.40. The normalized spacial score (nSPS) is 17.8. The number of carbonyl (C=O) groups is 1. The highest BCUT2D eigenvalue weighted by molar-refractivity contribution is 6.08. The first kappa shape index (κ1) is 24.7. The monoisotopic (exact) mass is 520 g/mol. The SMILES string of the molecule is Cc1nc(-c2cn3ccnc3c(CCC(F)(F)C(F)(F)F)n2)nc2c1C(C)(c1ccc(F)cc1)C(=O)N2. The van der Waals surface area contributed by atoms with Gasteiger partial charge in [0.25, 0.3) is 0 Å². The molecule has 37 heavy (non-hydrogen) atoms. The largest absolute Gasteiger partial charge is 0.453 e. The summed E-state index contributed by atoms with van der Waals surface area (Å²) in [7, 11) is 0. The van der Waals surface area contributed by atoms with E-state index in [-0.39, 0.29) is 28.7 Å². The van der Waals surface area contributed by atoms with Crippen LogP contribution >= 0.6 is 0 Å². The van der Waals surface area contributed by atoms with Gasteiger partial charge < -0.3 is 9.72 Å². The van der Waals surface area contributed by atoms with Gasteiger partial charge in [-0.2, -0.15) is 22.0 Å². The van der Waals surface area contributed by atoms with Gasteiger partial charge in [-0.15, -0.1) is 0 Å². The van der Waals surface area contributed by atoms with Crippen LogP contribution < -0.4 is 5.32 Å². The summed E-state index contributed by atoms with van der Waals surface area (Å²) >= 11 is 0. The van der Waals surface area contributed by atoms with Crippen molar-refractivity contribution in [2.45, 2.75) is 44.2 Å². The maximum atomic E-state index is 13.6. The van der Waals surface area contributed by atoms with Crippen molar-refractivity contribution in [1.29, 1.82) is 0 Å². The maximum Gasteiger partial charge on any atom is 0.453 e. The number of rotatable bonds is 5. The summed E-state index contributed by atoms with van der Waals surface area (Å²) in [6, 6.07) is 5.47. The van der Waals surface area contributed by atoms with Crippen molar-refractivity contribution >= 4 is 17.4 Å². The van der Waals surface area contributed by atoms with E-state index in [0.29, 0.717) is 16.8 Å². The van der Waals surface area contributed by atoms with E-state index in [4.69, 9.17) is 0 Å². The van der Waals surface area contributed by atoms with Gasteiger partial charge in [0.15, 0.2) is 11.5 Å². The van der Waals surface area contributed by atoms with Gasteiger partial charge in [0.05, 0.1) is 5.69 Å². The lowest BCUT2D eigenvalue weighted by atomic mass is 9.77. The molecular formula is C24H18F6N6O. The Hall–Kier alpha value is -4.03. The number of alkyl halides is 5. The van der Waals surface area contributed by atoms with Gasteiger partial charge in [0, 0.05) is 36.3 Å². The molecule has 0 saturated carbocycles. The van der Waals surface area contributed by atoms with Crippen molar-refractivity contribution < 1.29 is 31.1 Å². The first-order valence-corrected chi connectivity index (χ1v) is 11.1. The fourth-order valence-corrected chi connectivity index (χ4v) is 4.47. The van der Waals surface area contributed by atoms with Crippen molar-refractivity contribution in [2.75, 3.05) is 5.32 Å². The van der Waals surface area contributed by atoms with Gasteiger partial charge in [0.1, 0.15) is 22.7 Å². The van der Waals surface area contributed by atoms with E-state index in [2.05, 4.69) is 25.3 Å². The molecule has 1 aliphatic heterocycles. The predicted molar refractivity (Wildman–Crippen MR) is 120 cm³/mol. The summed E-state index contributed by atoms with van der Waals surface area (Å²) in [5.74, 6) is -5.54. The first-order valence-electron chi connectivity index (χ1n) is 11.1. The molecule has 1 aliphatic rings. The van der Waals surface area contributed by atoms with Crippen LogP contribution in [0.25, 0.3) is 17.2 Å². The van der Waals surface area contributed by atoms with Crippen molar-refractivity contribution in [3.05, 3.63) is 71.2 Å². The Morgan fingerprint density at radius 1 is 1.05 bits per heavy atom. The van der Waals surface area contributed by atoms with E-state index >= 15 is 0 Å². The lowest BCUT2D eigenvalue weighted by molar-refractivity contribution is -0.284. The number of amides is 1. The predicted octanol–water partition coefficient (Wildman–Crippen LogP) is 5.02. The van der Waals surface area contributed by atoms with Crippen LogP contribution in [-0.2, 0) is 16.6 Å². The Labute approximate surface area is 205 Å². The van der Waals surface area contributed by atoms with Gasteiger partial charge in [0.2, 0.25) is 5.91 Å². The molecule has 1 atom stereocenters. The number of anilines is 1. The second kappa shape index (κ2) is 8.25. The second-order valence-electron chi connectivity index (χ2n) is 8.88. The molecule has 5 rings (SSSR count). The van der Waals surface area contributed by atoms with E-state index in [9.17, 15) is 31.1 Å². The molecule has 13 heteroatoms. The minimum atomic E-state index is -5.69. The number of nitrogens with one attached hydrogen (secondary N) is 1. The summed E-state index contributed by atoms with van der Waals surface area (Å²) in [6.07, 6.45) is -3.60. The number of carbonyl (C=O) groups excluding carboxylic acids is 1. The fourth-order valence-electron chi connectivity index (χ4n) is 4.47. The number of nitrogens with zero attached hydrogens (tertiary/aromatic N) is 5. The lowest BCUT2D eigenvalue weighted by Gasteiger charge is -2.23. The van der Waals surface area contributed by atoms with Gasteiger partial charge in [-0.25, -0.2) is 24.3 Å². The molecule has 3 aromatic heterocycles. The number of halogens is 6. The van der Waals surface area contributed by atoms with Gasteiger partial charge >= 0.3 is 12.1 Å². The van der Waals surface area contributed by atoms with Crippen LogP contribution in [0.2, 0.25) is 0 Å². The number of benzene rings is 1. The molecule has 4 aromatic rings. The first-order chi connectivity index (χ1) is 17.3. The zero-order chi connectivity index (χ0) is 26.8. The summed E-state index contributed by atoms with van der Waals surface area (Å²) in [4.78, 5) is 30.2. The molecule has 0 bridgehead atoms. The highest BCUT2D eigenvalue weighted by atomic mass is 19.4. The molecule has 0 radical (unpaired) electrons. The number of hydrogen-bond donors (Lipinski definition) is 1. The van der Waals surface area contributed by atoms with Crippen LogP contribution in [0, 0.1) is 12.7 Å². The second-order valence-corrected chi connectivity index (χ2v) is 8.88. The topological polar surface area (TPSA) is 85.1 Å². The standard InChI is InChI=1S/C24H18F6N6O/c1-12-17-19(35-21(37)22(17,2)13-3-5-14(25)6-4-13)34-18(32-12)16-11-36-10-9-31-20(36)15(33-16)7-8-23(26,27)24(28,29)30/h3-6,9-11H,7-8H2,1-2H3,(H,32,34,35,37). The number of aryl methyl sites for hydroxylation is 2. The smallest absolute Gasteiger partial charge is 0.309 e. The number of hydrogen-bond acceptors (Lipinski definition) is 5. The third kappa shape index (κ3) is 3.98. The molecule has 1 unspecified atom stereocenters. The molecule has 1 amide bonds. The third-order valence-electron chi connectivity index (χ3n) is 6.46. The van der Waals surface area contributed by atoms with Crippen molar-refractivity contribution in [3.8, 4) is 11.5 Å². The molecular weight excluding hydrogens is 502 g/mol. The van der Waals surface area contributed by atoms with E-state index in [1.807, 2.05) is 0 Å². The summed E-state index contributed by atoms with van der Waals surface area (Å²) in [5.41, 5.74) is 0.318. The van der Waals surface area contributed by atoms with Gasteiger partial charge in [-0.1, -0.05) is 12.1 Å². The van der Waals surface area contributed by atoms with Crippen LogP contribution in [0.5, 0.6) is 0 Å². The molecule has 192 valence electrons. The Kier molecular flexibility index (Phi) is 5.50. The molecule has 1 aromatic carbocycles. The molecule has 0 fully saturated rings. The summed E-state index contributed by atoms with van der Waals surface area (Å²) in [5, 5.41) is 2.71. The zero-order valence-electron chi connectivity index (χ0n) is 19.4. The van der Waals surface area contributed by atoms with E-state index in [1.165, 1.54) is 47.3 Å². The molecule has 4 heterocycles.